The summed E-state index contributed by atoms with van der Waals surface area (Å²) in [7, 11) is 0. The van der Waals surface area contributed by atoms with Crippen molar-refractivity contribution >= 4 is 5.91 Å². The molecule has 3 aliphatic rings. The van der Waals surface area contributed by atoms with Crippen LogP contribution in [0.4, 0.5) is 0 Å². The molecular formula is C12H20N2O2. The summed E-state index contributed by atoms with van der Waals surface area (Å²) >= 11 is 0. The fourth-order valence-corrected chi connectivity index (χ4v) is 2.42. The first-order valence-electron chi connectivity index (χ1n) is 6.39. The van der Waals surface area contributed by atoms with Crippen molar-refractivity contribution in [2.45, 2.75) is 37.8 Å². The van der Waals surface area contributed by atoms with E-state index >= 15 is 0 Å². The first kappa shape index (κ1) is 10.5. The second kappa shape index (κ2) is 4.00. The maximum atomic E-state index is 12.4. The normalized spacial score (nSPS) is 34.1. The molecule has 16 heavy (non-hydrogen) atoms. The Bertz CT molecular complexity index is 287. The van der Waals surface area contributed by atoms with Gasteiger partial charge in [0.05, 0.1) is 19.1 Å². The van der Waals surface area contributed by atoms with E-state index in [0.717, 1.165) is 12.5 Å². The van der Waals surface area contributed by atoms with Gasteiger partial charge >= 0.3 is 0 Å². The predicted octanol–water partition coefficient (Wildman–Crippen LogP) is 0.361. The number of rotatable bonds is 4. The summed E-state index contributed by atoms with van der Waals surface area (Å²) in [6, 6.07) is 0.425. The molecule has 1 heterocycles. The van der Waals surface area contributed by atoms with Crippen molar-refractivity contribution in [1.29, 1.82) is 0 Å². The largest absolute Gasteiger partial charge is 0.379 e. The standard InChI is InChI=1S/C12H20N2O2/c13-11-7-16-6-10(11)12(15)14(9-3-4-9)5-8-1-2-8/h8-11H,1-7,13H2. The van der Waals surface area contributed by atoms with E-state index in [2.05, 4.69) is 4.90 Å². The molecule has 2 aliphatic carbocycles. The molecular weight excluding hydrogens is 204 g/mol. The van der Waals surface area contributed by atoms with Crippen LogP contribution in [0.5, 0.6) is 0 Å². The minimum Gasteiger partial charge on any atom is -0.379 e. The van der Waals surface area contributed by atoms with Gasteiger partial charge in [0.1, 0.15) is 0 Å². The molecule has 0 spiro atoms. The van der Waals surface area contributed by atoms with Crippen LogP contribution in [-0.4, -0.2) is 42.6 Å². The van der Waals surface area contributed by atoms with Crippen LogP contribution in [0, 0.1) is 11.8 Å². The molecule has 0 aromatic heterocycles. The second-order valence-electron chi connectivity index (χ2n) is 5.47. The van der Waals surface area contributed by atoms with Crippen LogP contribution in [0.3, 0.4) is 0 Å². The Labute approximate surface area is 96.1 Å². The van der Waals surface area contributed by atoms with E-state index in [0.29, 0.717) is 19.3 Å². The Morgan fingerprint density at radius 1 is 1.25 bits per heavy atom. The average molecular weight is 224 g/mol. The molecule has 0 aromatic carbocycles. The molecule has 0 aromatic rings. The zero-order valence-corrected chi connectivity index (χ0v) is 9.60. The SMILES string of the molecule is NC1COCC1C(=O)N(CC1CC1)C1CC1. The summed E-state index contributed by atoms with van der Waals surface area (Å²) < 4.78 is 5.29. The molecule has 0 bridgehead atoms. The highest BCUT2D eigenvalue weighted by atomic mass is 16.5. The highest BCUT2D eigenvalue weighted by molar-refractivity contribution is 5.80. The zero-order chi connectivity index (χ0) is 11.1. The molecule has 90 valence electrons. The first-order chi connectivity index (χ1) is 7.75. The summed E-state index contributed by atoms with van der Waals surface area (Å²) in [4.78, 5) is 14.5. The van der Waals surface area contributed by atoms with Crippen LogP contribution < -0.4 is 5.73 Å². The van der Waals surface area contributed by atoms with Crippen LogP contribution in [0.15, 0.2) is 0 Å². The van der Waals surface area contributed by atoms with E-state index < -0.39 is 0 Å². The van der Waals surface area contributed by atoms with Crippen LogP contribution in [0.1, 0.15) is 25.7 Å². The van der Waals surface area contributed by atoms with Crippen LogP contribution in [0.2, 0.25) is 0 Å². The van der Waals surface area contributed by atoms with E-state index in [1.807, 2.05) is 0 Å². The van der Waals surface area contributed by atoms with E-state index in [4.69, 9.17) is 10.5 Å². The molecule has 2 saturated carbocycles. The third-order valence-corrected chi connectivity index (χ3v) is 3.86. The topological polar surface area (TPSA) is 55.6 Å². The molecule has 1 aliphatic heterocycles. The third kappa shape index (κ3) is 2.09. The lowest BCUT2D eigenvalue weighted by molar-refractivity contribution is -0.136. The number of carbonyl (C=O) groups excluding carboxylic acids is 1. The lowest BCUT2D eigenvalue weighted by Crippen LogP contribution is -2.45. The fraction of sp³-hybridized carbons (Fsp3) is 0.917. The van der Waals surface area contributed by atoms with E-state index in [9.17, 15) is 4.79 Å². The number of amides is 1. The van der Waals surface area contributed by atoms with Crippen molar-refractivity contribution < 1.29 is 9.53 Å². The van der Waals surface area contributed by atoms with Crippen molar-refractivity contribution in [3.05, 3.63) is 0 Å². The van der Waals surface area contributed by atoms with Gasteiger partial charge in [-0.05, 0) is 31.6 Å². The summed E-state index contributed by atoms with van der Waals surface area (Å²) in [6.45, 7) is 2.03. The minimum absolute atomic E-state index is 0.0839. The summed E-state index contributed by atoms with van der Waals surface area (Å²) in [6.07, 6.45) is 4.95. The van der Waals surface area contributed by atoms with Gasteiger partial charge in [0, 0.05) is 18.6 Å². The van der Waals surface area contributed by atoms with Crippen molar-refractivity contribution in [2.24, 2.45) is 17.6 Å². The number of ether oxygens (including phenoxy) is 1. The van der Waals surface area contributed by atoms with E-state index in [-0.39, 0.29) is 17.9 Å². The Morgan fingerprint density at radius 2 is 2.00 bits per heavy atom. The molecule has 2 unspecified atom stereocenters. The van der Waals surface area contributed by atoms with Gasteiger partial charge in [-0.3, -0.25) is 4.79 Å². The summed E-state index contributed by atoms with van der Waals surface area (Å²) in [5, 5.41) is 0. The number of carbonyl (C=O) groups is 1. The van der Waals surface area contributed by atoms with Crippen LogP contribution >= 0.6 is 0 Å². The van der Waals surface area contributed by atoms with Gasteiger partial charge in [-0.15, -0.1) is 0 Å². The number of nitrogens with zero attached hydrogens (tertiary/aromatic N) is 1. The van der Waals surface area contributed by atoms with E-state index in [1.165, 1.54) is 25.7 Å². The van der Waals surface area contributed by atoms with Crippen molar-refractivity contribution in [3.8, 4) is 0 Å². The van der Waals surface area contributed by atoms with Gasteiger partial charge in [-0.25, -0.2) is 0 Å². The molecule has 3 fully saturated rings. The lowest BCUT2D eigenvalue weighted by atomic mass is 10.0. The van der Waals surface area contributed by atoms with Crippen molar-refractivity contribution in [3.63, 3.8) is 0 Å². The molecule has 1 saturated heterocycles. The molecule has 2 atom stereocenters. The number of hydrogen-bond donors (Lipinski definition) is 1. The maximum Gasteiger partial charge on any atom is 0.229 e. The van der Waals surface area contributed by atoms with Gasteiger partial charge in [-0.2, -0.15) is 0 Å². The van der Waals surface area contributed by atoms with E-state index in [1.54, 1.807) is 0 Å². The van der Waals surface area contributed by atoms with Crippen LogP contribution in [-0.2, 0) is 9.53 Å². The van der Waals surface area contributed by atoms with Gasteiger partial charge in [0.15, 0.2) is 0 Å². The Hall–Kier alpha value is -0.610. The van der Waals surface area contributed by atoms with Crippen molar-refractivity contribution in [1.82, 2.24) is 4.90 Å². The molecule has 1 amide bonds. The highest BCUT2D eigenvalue weighted by Gasteiger charge is 2.41. The quantitative estimate of drug-likeness (QED) is 0.750. The third-order valence-electron chi connectivity index (χ3n) is 3.86. The summed E-state index contributed by atoms with van der Waals surface area (Å²) in [5.41, 5.74) is 5.91. The smallest absolute Gasteiger partial charge is 0.229 e. The van der Waals surface area contributed by atoms with Gasteiger partial charge in [0.25, 0.3) is 0 Å². The summed E-state index contributed by atoms with van der Waals surface area (Å²) in [5.74, 6) is 0.932. The monoisotopic (exact) mass is 224 g/mol. The van der Waals surface area contributed by atoms with Crippen molar-refractivity contribution in [2.75, 3.05) is 19.8 Å². The molecule has 0 radical (unpaired) electrons. The average Bonchev–Trinajstić information content (AvgIpc) is 3.14. The molecule has 2 N–H and O–H groups in total. The Balaban J connectivity index is 1.64. The first-order valence-corrected chi connectivity index (χ1v) is 6.39. The van der Waals surface area contributed by atoms with Crippen LogP contribution in [0.25, 0.3) is 0 Å². The fourth-order valence-electron chi connectivity index (χ4n) is 2.42. The predicted molar refractivity (Wildman–Crippen MR) is 59.7 cm³/mol. The molecule has 4 heteroatoms. The minimum atomic E-state index is -0.0899. The number of hydrogen-bond acceptors (Lipinski definition) is 3. The molecule has 3 rings (SSSR count). The second-order valence-corrected chi connectivity index (χ2v) is 5.47. The maximum absolute atomic E-state index is 12.4. The highest BCUT2D eigenvalue weighted by Crippen LogP contribution is 2.36. The zero-order valence-electron chi connectivity index (χ0n) is 9.60. The van der Waals surface area contributed by atoms with Gasteiger partial charge in [-0.1, -0.05) is 0 Å². The van der Waals surface area contributed by atoms with Gasteiger partial charge < -0.3 is 15.4 Å². The Morgan fingerprint density at radius 3 is 2.50 bits per heavy atom. The number of nitrogens with two attached hydrogens (primary N) is 1. The lowest BCUT2D eigenvalue weighted by Gasteiger charge is -2.26. The Kier molecular flexibility index (Phi) is 2.64. The molecule has 4 nitrogen and oxygen atoms in total. The van der Waals surface area contributed by atoms with Gasteiger partial charge in [0.2, 0.25) is 5.91 Å².